The van der Waals surface area contributed by atoms with Crippen LogP contribution in [-0.4, -0.2) is 39.2 Å². The number of carbonyl (C=O) groups is 1. The minimum absolute atomic E-state index is 0.0148. The van der Waals surface area contributed by atoms with Crippen LogP contribution in [0.15, 0.2) is 60.3 Å². The van der Waals surface area contributed by atoms with E-state index >= 15 is 8.78 Å². The van der Waals surface area contributed by atoms with Gasteiger partial charge in [0.1, 0.15) is 29.7 Å². The summed E-state index contributed by atoms with van der Waals surface area (Å²) in [5.41, 5.74) is 4.10. The van der Waals surface area contributed by atoms with E-state index in [9.17, 15) is 9.18 Å². The number of alkyl halides is 1. The number of aromatic nitrogens is 1. The van der Waals surface area contributed by atoms with Gasteiger partial charge in [-0.15, -0.1) is 0 Å². The highest BCUT2D eigenvalue weighted by Crippen LogP contribution is 2.50. The van der Waals surface area contributed by atoms with Crippen LogP contribution < -0.4 is 4.74 Å². The molecule has 2 atom stereocenters. The SMILES string of the molecule is C[C@@H]1CC2=C(Cc3ccccc32)[C@@H](c2c(F)cc(OCc3ccc(CCCC(=O)O)cn3)cc2F)N1CC(C)(C)F. The number of aryl methyl sites for hydroxylation is 1. The van der Waals surface area contributed by atoms with Crippen molar-refractivity contribution in [3.05, 3.63) is 99.9 Å². The Hall–Kier alpha value is -3.65. The zero-order valence-electron chi connectivity index (χ0n) is 23.6. The van der Waals surface area contributed by atoms with E-state index in [1.54, 1.807) is 12.3 Å². The Labute approximate surface area is 238 Å². The average molecular weight is 565 g/mol. The van der Waals surface area contributed by atoms with E-state index in [0.29, 0.717) is 31.4 Å². The van der Waals surface area contributed by atoms with Gasteiger partial charge in [-0.05, 0) is 80.4 Å². The number of rotatable bonds is 10. The molecule has 8 heteroatoms. The molecule has 0 bridgehead atoms. The number of nitrogens with zero attached hydrogens (tertiary/aromatic N) is 2. The lowest BCUT2D eigenvalue weighted by Crippen LogP contribution is -2.47. The fraction of sp³-hybridized carbons (Fsp3) is 0.394. The third-order valence-corrected chi connectivity index (χ3v) is 7.85. The molecule has 3 aromatic rings. The molecule has 2 aromatic carbocycles. The molecule has 5 nitrogen and oxygen atoms in total. The van der Waals surface area contributed by atoms with E-state index in [2.05, 4.69) is 11.1 Å². The molecule has 1 aliphatic carbocycles. The number of ether oxygens (including phenoxy) is 1. The Kier molecular flexibility index (Phi) is 8.23. The largest absolute Gasteiger partial charge is 0.487 e. The van der Waals surface area contributed by atoms with E-state index in [1.165, 1.54) is 26.0 Å². The van der Waals surface area contributed by atoms with Gasteiger partial charge in [-0.2, -0.15) is 0 Å². The highest BCUT2D eigenvalue weighted by molar-refractivity contribution is 5.79. The monoisotopic (exact) mass is 564 g/mol. The summed E-state index contributed by atoms with van der Waals surface area (Å²) in [5.74, 6) is -2.26. The van der Waals surface area contributed by atoms with Crippen molar-refractivity contribution in [2.75, 3.05) is 6.54 Å². The van der Waals surface area contributed by atoms with Crippen molar-refractivity contribution >= 4 is 11.5 Å². The molecule has 216 valence electrons. The highest BCUT2D eigenvalue weighted by Gasteiger charge is 2.43. The lowest BCUT2D eigenvalue weighted by molar-refractivity contribution is -0.137. The zero-order chi connectivity index (χ0) is 29.3. The zero-order valence-corrected chi connectivity index (χ0v) is 23.6. The first-order chi connectivity index (χ1) is 19.5. The predicted octanol–water partition coefficient (Wildman–Crippen LogP) is 7.24. The van der Waals surface area contributed by atoms with Gasteiger partial charge in [0.15, 0.2) is 0 Å². The van der Waals surface area contributed by atoms with Crippen molar-refractivity contribution in [2.45, 2.75) is 77.2 Å². The maximum Gasteiger partial charge on any atom is 0.303 e. The molecule has 0 fully saturated rings. The van der Waals surface area contributed by atoms with Gasteiger partial charge < -0.3 is 9.84 Å². The summed E-state index contributed by atoms with van der Waals surface area (Å²) < 4.78 is 52.4. The van der Waals surface area contributed by atoms with E-state index in [1.807, 2.05) is 36.1 Å². The number of benzene rings is 2. The molecule has 5 rings (SSSR count). The van der Waals surface area contributed by atoms with Gasteiger partial charge in [-0.3, -0.25) is 14.7 Å². The minimum Gasteiger partial charge on any atom is -0.487 e. The molecule has 0 amide bonds. The third kappa shape index (κ3) is 6.48. The average Bonchev–Trinajstić information content (AvgIpc) is 3.26. The second-order valence-electron chi connectivity index (χ2n) is 11.7. The fourth-order valence-corrected chi connectivity index (χ4v) is 6.04. The first-order valence-electron chi connectivity index (χ1n) is 14.0. The summed E-state index contributed by atoms with van der Waals surface area (Å²) in [4.78, 5) is 16.9. The molecule has 0 saturated heterocycles. The van der Waals surface area contributed by atoms with E-state index in [4.69, 9.17) is 9.84 Å². The van der Waals surface area contributed by atoms with Crippen molar-refractivity contribution in [3.8, 4) is 5.75 Å². The van der Waals surface area contributed by atoms with Crippen LogP contribution in [0.4, 0.5) is 13.2 Å². The third-order valence-electron chi connectivity index (χ3n) is 7.85. The molecule has 0 unspecified atom stereocenters. The Bertz CT molecular complexity index is 1440. The Morgan fingerprint density at radius 1 is 1.15 bits per heavy atom. The summed E-state index contributed by atoms with van der Waals surface area (Å²) in [7, 11) is 0. The van der Waals surface area contributed by atoms with E-state index in [-0.39, 0.29) is 36.9 Å². The highest BCUT2D eigenvalue weighted by atomic mass is 19.1. The maximum atomic E-state index is 15.8. The van der Waals surface area contributed by atoms with Gasteiger partial charge in [0.25, 0.3) is 0 Å². The minimum atomic E-state index is -1.55. The van der Waals surface area contributed by atoms with Crippen molar-refractivity contribution in [1.29, 1.82) is 0 Å². The molecular weight excluding hydrogens is 529 g/mol. The van der Waals surface area contributed by atoms with E-state index in [0.717, 1.165) is 27.8 Å². The van der Waals surface area contributed by atoms with Crippen LogP contribution in [0.5, 0.6) is 5.75 Å². The first-order valence-corrected chi connectivity index (χ1v) is 14.0. The number of aliphatic carboxylic acids is 1. The van der Waals surface area contributed by atoms with E-state index < -0.39 is 29.3 Å². The number of carboxylic acids is 1. The number of halogens is 3. The Morgan fingerprint density at radius 3 is 2.54 bits per heavy atom. The summed E-state index contributed by atoms with van der Waals surface area (Å²) in [6.45, 7) is 5.03. The standard InChI is InChI=1S/C33H35F3N2O3/c1-20-13-26-25-9-5-4-8-22(25)14-27(26)32(38(20)19-33(2,3)36)31-28(34)15-24(16-29(31)35)41-18-23-12-11-21(17-37-23)7-6-10-30(39)40/h4-5,8-9,11-12,15-17,20,32H,6-7,10,13-14,18-19H2,1-3H3,(H,39,40)/t20-,32+/m1/s1. The summed E-state index contributed by atoms with van der Waals surface area (Å²) >= 11 is 0. The fourth-order valence-electron chi connectivity index (χ4n) is 6.04. The number of carboxylic acid groups (broad SMARTS) is 1. The van der Waals surface area contributed by atoms with Crippen LogP contribution in [0.3, 0.4) is 0 Å². The van der Waals surface area contributed by atoms with Crippen molar-refractivity contribution in [3.63, 3.8) is 0 Å². The maximum absolute atomic E-state index is 15.8. The Balaban J connectivity index is 1.39. The number of hydrogen-bond donors (Lipinski definition) is 1. The van der Waals surface area contributed by atoms with Crippen LogP contribution in [0.1, 0.15) is 74.0 Å². The van der Waals surface area contributed by atoms with Crippen LogP contribution in [0.25, 0.3) is 5.57 Å². The van der Waals surface area contributed by atoms with Crippen molar-refractivity contribution < 1.29 is 27.8 Å². The number of fused-ring (bicyclic) bond motifs is 2. The molecule has 0 spiro atoms. The molecule has 1 N–H and O–H groups in total. The van der Waals surface area contributed by atoms with Gasteiger partial charge in [0, 0.05) is 42.9 Å². The summed E-state index contributed by atoms with van der Waals surface area (Å²) in [6, 6.07) is 13.2. The first kappa shape index (κ1) is 28.9. The lowest BCUT2D eigenvalue weighted by Gasteiger charge is -2.44. The van der Waals surface area contributed by atoms with Gasteiger partial charge >= 0.3 is 5.97 Å². The van der Waals surface area contributed by atoms with Crippen LogP contribution in [-0.2, 0) is 24.2 Å². The van der Waals surface area contributed by atoms with Gasteiger partial charge in [-0.25, -0.2) is 13.2 Å². The molecule has 2 aliphatic rings. The Morgan fingerprint density at radius 2 is 1.88 bits per heavy atom. The van der Waals surface area contributed by atoms with Gasteiger partial charge in [0.2, 0.25) is 0 Å². The lowest BCUT2D eigenvalue weighted by atomic mass is 9.84. The number of hydrogen-bond acceptors (Lipinski definition) is 4. The van der Waals surface area contributed by atoms with Crippen molar-refractivity contribution in [1.82, 2.24) is 9.88 Å². The van der Waals surface area contributed by atoms with Crippen LogP contribution in [0.2, 0.25) is 0 Å². The van der Waals surface area contributed by atoms with Gasteiger partial charge in [-0.1, -0.05) is 30.3 Å². The predicted molar refractivity (Wildman–Crippen MR) is 151 cm³/mol. The molecule has 0 radical (unpaired) electrons. The quantitative estimate of drug-likeness (QED) is 0.281. The van der Waals surface area contributed by atoms with Crippen molar-refractivity contribution in [2.24, 2.45) is 0 Å². The molecular formula is C33H35F3N2O3. The molecule has 0 saturated carbocycles. The normalized spacial score (nSPS) is 18.8. The second-order valence-corrected chi connectivity index (χ2v) is 11.7. The van der Waals surface area contributed by atoms with Gasteiger partial charge in [0.05, 0.1) is 11.7 Å². The molecule has 1 aromatic heterocycles. The summed E-state index contributed by atoms with van der Waals surface area (Å²) in [5, 5.41) is 8.79. The molecule has 1 aliphatic heterocycles. The van der Waals surface area contributed by atoms with Crippen LogP contribution in [0, 0.1) is 11.6 Å². The molecule has 41 heavy (non-hydrogen) atoms. The summed E-state index contributed by atoms with van der Waals surface area (Å²) in [6.07, 6.45) is 4.11. The number of pyridine rings is 1. The van der Waals surface area contributed by atoms with Crippen LogP contribution >= 0.6 is 0 Å². The molecule has 2 heterocycles. The second kappa shape index (κ2) is 11.7. The smallest absolute Gasteiger partial charge is 0.303 e. The topological polar surface area (TPSA) is 62.7 Å².